The van der Waals surface area contributed by atoms with E-state index in [2.05, 4.69) is 5.32 Å². The summed E-state index contributed by atoms with van der Waals surface area (Å²) in [6, 6.07) is 0. The lowest BCUT2D eigenvalue weighted by Gasteiger charge is -2.16. The molecule has 0 heterocycles. The van der Waals surface area contributed by atoms with E-state index < -0.39 is 5.60 Å². The Morgan fingerprint density at radius 3 is 2.50 bits per heavy atom. The lowest BCUT2D eigenvalue weighted by molar-refractivity contribution is -0.0194. The van der Waals surface area contributed by atoms with Gasteiger partial charge < -0.3 is 15.2 Å². The van der Waals surface area contributed by atoms with Crippen LogP contribution in [-0.2, 0) is 4.74 Å². The average molecular weight is 147 g/mol. The molecule has 3 heteroatoms. The van der Waals surface area contributed by atoms with Crippen LogP contribution in [0.1, 0.15) is 13.8 Å². The summed E-state index contributed by atoms with van der Waals surface area (Å²) in [5, 5.41) is 12.1. The van der Waals surface area contributed by atoms with E-state index in [0.717, 1.165) is 6.54 Å². The summed E-state index contributed by atoms with van der Waals surface area (Å²) >= 11 is 0. The summed E-state index contributed by atoms with van der Waals surface area (Å²) < 4.78 is 5.13. The van der Waals surface area contributed by atoms with Crippen molar-refractivity contribution in [3.05, 3.63) is 0 Å². The van der Waals surface area contributed by atoms with Gasteiger partial charge >= 0.3 is 0 Å². The molecule has 0 aliphatic carbocycles. The fourth-order valence-electron chi connectivity index (χ4n) is 0.496. The molecule has 0 unspecified atom stereocenters. The van der Waals surface area contributed by atoms with E-state index >= 15 is 0 Å². The maximum absolute atomic E-state index is 9.17. The molecule has 0 radical (unpaired) electrons. The Kier molecular flexibility index (Phi) is 4.60. The van der Waals surface area contributed by atoms with Gasteiger partial charge in [-0.2, -0.15) is 0 Å². The van der Waals surface area contributed by atoms with Crippen molar-refractivity contribution in [2.24, 2.45) is 0 Å². The molecule has 3 nitrogen and oxygen atoms in total. The van der Waals surface area contributed by atoms with Gasteiger partial charge in [0.1, 0.15) is 0 Å². The zero-order valence-electron chi connectivity index (χ0n) is 6.98. The minimum absolute atomic E-state index is 0.397. The monoisotopic (exact) mass is 147 g/mol. The normalized spacial score (nSPS) is 12.0. The van der Waals surface area contributed by atoms with Crippen molar-refractivity contribution in [3.63, 3.8) is 0 Å². The molecule has 0 aromatic carbocycles. The molecule has 0 fully saturated rings. The molecule has 0 amide bonds. The molecule has 0 saturated heterocycles. The molecule has 2 N–H and O–H groups in total. The fraction of sp³-hybridized carbons (Fsp3) is 1.00. The van der Waals surface area contributed by atoms with E-state index in [4.69, 9.17) is 4.74 Å². The second-order valence-electron chi connectivity index (χ2n) is 2.97. The molecular formula is C7H17NO2. The summed E-state index contributed by atoms with van der Waals surface area (Å²) in [5.74, 6) is 0. The number of hydrogen-bond donors (Lipinski definition) is 2. The molecule has 0 aliphatic rings. The summed E-state index contributed by atoms with van der Waals surface area (Å²) in [5.41, 5.74) is -0.701. The van der Waals surface area contributed by atoms with Gasteiger partial charge in [0, 0.05) is 6.54 Å². The van der Waals surface area contributed by atoms with Crippen LogP contribution in [0.25, 0.3) is 0 Å². The summed E-state index contributed by atoms with van der Waals surface area (Å²) in [7, 11) is 1.87. The second-order valence-corrected chi connectivity index (χ2v) is 2.97. The largest absolute Gasteiger partial charge is 0.388 e. The summed E-state index contributed by atoms with van der Waals surface area (Å²) in [6.45, 7) is 5.34. The molecule has 0 saturated carbocycles. The predicted octanol–water partition coefficient (Wildman–Crippen LogP) is -0.00670. The Hall–Kier alpha value is -0.120. The molecule has 0 aliphatic heterocycles. The van der Waals surface area contributed by atoms with Gasteiger partial charge in [0.05, 0.1) is 18.8 Å². The Bertz CT molecular complexity index is 78.2. The third kappa shape index (κ3) is 7.88. The van der Waals surface area contributed by atoms with Crippen LogP contribution in [0.15, 0.2) is 0 Å². The molecule has 0 spiro atoms. The van der Waals surface area contributed by atoms with E-state index in [0.29, 0.717) is 13.2 Å². The van der Waals surface area contributed by atoms with E-state index in [1.165, 1.54) is 0 Å². The highest BCUT2D eigenvalue weighted by atomic mass is 16.5. The van der Waals surface area contributed by atoms with Crippen molar-refractivity contribution in [3.8, 4) is 0 Å². The topological polar surface area (TPSA) is 41.5 Å². The lowest BCUT2D eigenvalue weighted by Crippen LogP contribution is -2.28. The Labute approximate surface area is 62.4 Å². The zero-order chi connectivity index (χ0) is 8.04. The maximum Gasteiger partial charge on any atom is 0.0824 e. The molecule has 10 heavy (non-hydrogen) atoms. The van der Waals surface area contributed by atoms with Crippen LogP contribution in [0.3, 0.4) is 0 Å². The first-order valence-electron chi connectivity index (χ1n) is 3.51. The smallest absolute Gasteiger partial charge is 0.0824 e. The van der Waals surface area contributed by atoms with Gasteiger partial charge in [-0.05, 0) is 20.9 Å². The van der Waals surface area contributed by atoms with Crippen molar-refractivity contribution in [2.75, 3.05) is 26.8 Å². The number of nitrogens with one attached hydrogen (secondary N) is 1. The summed E-state index contributed by atoms with van der Waals surface area (Å²) in [4.78, 5) is 0. The molecule has 0 atom stereocenters. The Balaban J connectivity index is 3.04. The van der Waals surface area contributed by atoms with Crippen LogP contribution < -0.4 is 5.32 Å². The Morgan fingerprint density at radius 1 is 1.50 bits per heavy atom. The molecular weight excluding hydrogens is 130 g/mol. The lowest BCUT2D eigenvalue weighted by atomic mass is 10.2. The average Bonchev–Trinajstić information content (AvgIpc) is 1.78. The number of ether oxygens (including phenoxy) is 1. The van der Waals surface area contributed by atoms with Crippen LogP contribution in [0, 0.1) is 0 Å². The van der Waals surface area contributed by atoms with Crippen molar-refractivity contribution in [1.29, 1.82) is 0 Å². The van der Waals surface area contributed by atoms with Crippen molar-refractivity contribution >= 4 is 0 Å². The third-order valence-electron chi connectivity index (χ3n) is 0.952. The minimum Gasteiger partial charge on any atom is -0.388 e. The molecule has 0 rings (SSSR count). The maximum atomic E-state index is 9.17. The number of likely N-dealkylation sites (N-methyl/N-ethyl adjacent to an activating group) is 1. The van der Waals surface area contributed by atoms with Crippen LogP contribution in [-0.4, -0.2) is 37.5 Å². The van der Waals surface area contributed by atoms with Gasteiger partial charge in [-0.3, -0.25) is 0 Å². The van der Waals surface area contributed by atoms with Gasteiger partial charge in [-0.15, -0.1) is 0 Å². The van der Waals surface area contributed by atoms with Crippen LogP contribution in [0.4, 0.5) is 0 Å². The standard InChI is InChI=1S/C7H17NO2/c1-7(2,9)6-10-5-4-8-3/h8-9H,4-6H2,1-3H3. The minimum atomic E-state index is -0.701. The van der Waals surface area contributed by atoms with E-state index in [-0.39, 0.29) is 0 Å². The first kappa shape index (κ1) is 9.88. The molecule has 0 bridgehead atoms. The molecule has 62 valence electrons. The Morgan fingerprint density at radius 2 is 2.10 bits per heavy atom. The van der Waals surface area contributed by atoms with Crippen molar-refractivity contribution in [1.82, 2.24) is 5.32 Å². The summed E-state index contributed by atoms with van der Waals surface area (Å²) in [6.07, 6.45) is 0. The fourth-order valence-corrected chi connectivity index (χ4v) is 0.496. The first-order chi connectivity index (χ1) is 4.56. The number of rotatable bonds is 5. The van der Waals surface area contributed by atoms with Gasteiger partial charge in [0.25, 0.3) is 0 Å². The highest BCUT2D eigenvalue weighted by molar-refractivity contribution is 4.62. The van der Waals surface area contributed by atoms with Gasteiger partial charge in [0.2, 0.25) is 0 Å². The highest BCUT2D eigenvalue weighted by Gasteiger charge is 2.11. The third-order valence-corrected chi connectivity index (χ3v) is 0.952. The zero-order valence-corrected chi connectivity index (χ0v) is 6.98. The number of hydrogen-bond acceptors (Lipinski definition) is 3. The van der Waals surface area contributed by atoms with Gasteiger partial charge in [-0.1, -0.05) is 0 Å². The molecule has 0 aromatic rings. The van der Waals surface area contributed by atoms with Gasteiger partial charge in [-0.25, -0.2) is 0 Å². The van der Waals surface area contributed by atoms with E-state index in [1.807, 2.05) is 7.05 Å². The van der Waals surface area contributed by atoms with Crippen LogP contribution in [0.2, 0.25) is 0 Å². The predicted molar refractivity (Wildman–Crippen MR) is 41.0 cm³/mol. The van der Waals surface area contributed by atoms with Crippen molar-refractivity contribution in [2.45, 2.75) is 19.4 Å². The SMILES string of the molecule is CNCCOCC(C)(C)O. The van der Waals surface area contributed by atoms with E-state index in [1.54, 1.807) is 13.8 Å². The number of aliphatic hydroxyl groups is 1. The van der Waals surface area contributed by atoms with Gasteiger partial charge in [0.15, 0.2) is 0 Å². The first-order valence-corrected chi connectivity index (χ1v) is 3.51. The van der Waals surface area contributed by atoms with Crippen molar-refractivity contribution < 1.29 is 9.84 Å². The van der Waals surface area contributed by atoms with E-state index in [9.17, 15) is 5.11 Å². The van der Waals surface area contributed by atoms with Crippen LogP contribution >= 0.6 is 0 Å². The second kappa shape index (κ2) is 4.66. The van der Waals surface area contributed by atoms with Crippen LogP contribution in [0.5, 0.6) is 0 Å². The highest BCUT2D eigenvalue weighted by Crippen LogP contribution is 1.99. The quantitative estimate of drug-likeness (QED) is 0.538. The molecule has 0 aromatic heterocycles.